The summed E-state index contributed by atoms with van der Waals surface area (Å²) in [5, 5.41) is 0. The van der Waals surface area contributed by atoms with Crippen LogP contribution < -0.4 is 0 Å². The van der Waals surface area contributed by atoms with Gasteiger partial charge in [-0.1, -0.05) is 36.4 Å². The van der Waals surface area contributed by atoms with Gasteiger partial charge in [-0.25, -0.2) is 0 Å². The number of para-hydroxylation sites is 2. The van der Waals surface area contributed by atoms with Crippen LogP contribution in [0.4, 0.5) is 11.4 Å². The van der Waals surface area contributed by atoms with Crippen LogP contribution >= 0.6 is 0 Å². The SMILES string of the molecule is Cc1cccc(C)c1N=C(CCCOCCO[Si](C)(C)C)C(CCCOCCO[Si](C)(C)C)=Nc1c(C)cccc1C. The van der Waals surface area contributed by atoms with Crippen LogP contribution in [0.2, 0.25) is 39.3 Å². The molecule has 2 aromatic carbocycles. The van der Waals surface area contributed by atoms with Gasteiger partial charge >= 0.3 is 0 Å². The molecule has 2 aromatic rings. The van der Waals surface area contributed by atoms with Crippen molar-refractivity contribution >= 4 is 39.4 Å². The molecule has 0 atom stereocenters. The fraction of sp³-hybridized carbons (Fsp3) is 0.588. The highest BCUT2D eigenvalue weighted by Crippen LogP contribution is 2.27. The zero-order valence-electron chi connectivity index (χ0n) is 28.1. The third-order valence-corrected chi connectivity index (χ3v) is 8.78. The van der Waals surface area contributed by atoms with Gasteiger partial charge in [0.1, 0.15) is 0 Å². The van der Waals surface area contributed by atoms with Gasteiger partial charge in [-0.3, -0.25) is 9.98 Å². The lowest BCUT2D eigenvalue weighted by Crippen LogP contribution is -2.27. The molecule has 0 bridgehead atoms. The van der Waals surface area contributed by atoms with Crippen molar-refractivity contribution in [2.24, 2.45) is 9.98 Å². The van der Waals surface area contributed by atoms with Crippen molar-refractivity contribution in [2.75, 3.05) is 39.6 Å². The second-order valence-electron chi connectivity index (χ2n) is 13.0. The Labute approximate surface area is 258 Å². The zero-order valence-corrected chi connectivity index (χ0v) is 30.1. The van der Waals surface area contributed by atoms with Crippen LogP contribution in [0.3, 0.4) is 0 Å². The summed E-state index contributed by atoms with van der Waals surface area (Å²) >= 11 is 0. The van der Waals surface area contributed by atoms with E-state index in [1.54, 1.807) is 0 Å². The predicted octanol–water partition coefficient (Wildman–Crippen LogP) is 9.06. The minimum absolute atomic E-state index is 0.621. The van der Waals surface area contributed by atoms with E-state index < -0.39 is 16.6 Å². The van der Waals surface area contributed by atoms with Crippen molar-refractivity contribution < 1.29 is 18.3 Å². The van der Waals surface area contributed by atoms with Crippen molar-refractivity contribution in [3.8, 4) is 0 Å². The third-order valence-electron chi connectivity index (χ3n) is 6.64. The Morgan fingerprint density at radius 1 is 0.524 bits per heavy atom. The number of hydrogen-bond acceptors (Lipinski definition) is 6. The van der Waals surface area contributed by atoms with Gasteiger partial charge < -0.3 is 18.3 Å². The van der Waals surface area contributed by atoms with Crippen LogP contribution in [-0.4, -0.2) is 67.7 Å². The topological polar surface area (TPSA) is 61.6 Å². The number of aliphatic imine (C=N–C) groups is 2. The summed E-state index contributed by atoms with van der Waals surface area (Å²) in [6, 6.07) is 12.7. The van der Waals surface area contributed by atoms with E-state index in [1.165, 1.54) is 22.3 Å². The van der Waals surface area contributed by atoms with E-state index in [0.29, 0.717) is 39.6 Å². The average Bonchev–Trinajstić information content (AvgIpc) is 2.88. The summed E-state index contributed by atoms with van der Waals surface area (Å²) in [6.45, 7) is 25.6. The van der Waals surface area contributed by atoms with Gasteiger partial charge in [0.25, 0.3) is 0 Å². The standard InChI is InChI=1S/C34H56N2O4Si2/c1-27-15-11-16-28(2)33(27)35-31(19-13-21-37-23-25-39-41(5,6)7)32(36-34-29(3)17-12-18-30(34)4)20-14-22-38-24-26-40-42(8,9)10/h11-12,15-18H,13-14,19-26H2,1-10H3. The van der Waals surface area contributed by atoms with Crippen molar-refractivity contribution in [3.63, 3.8) is 0 Å². The van der Waals surface area contributed by atoms with E-state index in [4.69, 9.17) is 28.3 Å². The number of aryl methyl sites for hydroxylation is 4. The summed E-state index contributed by atoms with van der Waals surface area (Å²) < 4.78 is 23.8. The Bertz CT molecular complexity index is 1040. The first-order valence-electron chi connectivity index (χ1n) is 15.5. The highest BCUT2D eigenvalue weighted by atomic mass is 28.4. The molecule has 234 valence electrons. The van der Waals surface area contributed by atoms with Crippen LogP contribution in [0.1, 0.15) is 47.9 Å². The van der Waals surface area contributed by atoms with Gasteiger partial charge in [-0.15, -0.1) is 0 Å². The maximum atomic E-state index is 5.95. The summed E-state index contributed by atoms with van der Waals surface area (Å²) in [5.41, 5.74) is 8.80. The third kappa shape index (κ3) is 14.5. The number of ether oxygens (including phenoxy) is 2. The average molecular weight is 613 g/mol. The Hall–Kier alpha value is -1.95. The maximum absolute atomic E-state index is 5.95. The van der Waals surface area contributed by atoms with Crippen LogP contribution in [-0.2, 0) is 18.3 Å². The van der Waals surface area contributed by atoms with Gasteiger partial charge in [0.2, 0.25) is 0 Å². The molecule has 0 spiro atoms. The van der Waals surface area contributed by atoms with Gasteiger partial charge in [0.05, 0.1) is 49.2 Å². The summed E-state index contributed by atoms with van der Waals surface area (Å²) in [7, 11) is -3.04. The molecule has 0 saturated heterocycles. The molecule has 0 aromatic heterocycles. The fourth-order valence-electron chi connectivity index (χ4n) is 4.46. The quantitative estimate of drug-likeness (QED) is 0.0902. The van der Waals surface area contributed by atoms with Crippen LogP contribution in [0.5, 0.6) is 0 Å². The van der Waals surface area contributed by atoms with E-state index in [1.807, 2.05) is 0 Å². The molecule has 0 saturated carbocycles. The molecule has 0 aliphatic carbocycles. The first-order valence-corrected chi connectivity index (χ1v) is 22.3. The van der Waals surface area contributed by atoms with Crippen LogP contribution in [0.15, 0.2) is 46.4 Å². The highest BCUT2D eigenvalue weighted by Gasteiger charge is 2.16. The van der Waals surface area contributed by atoms with Gasteiger partial charge in [0, 0.05) is 13.2 Å². The molecule has 0 heterocycles. The maximum Gasteiger partial charge on any atom is 0.183 e. The molecule has 0 aliphatic heterocycles. The predicted molar refractivity (Wildman–Crippen MR) is 185 cm³/mol. The minimum atomic E-state index is -1.52. The molecule has 6 nitrogen and oxygen atoms in total. The monoisotopic (exact) mass is 612 g/mol. The normalized spacial score (nSPS) is 13.2. The molecule has 8 heteroatoms. The van der Waals surface area contributed by atoms with Crippen molar-refractivity contribution in [2.45, 2.75) is 92.7 Å². The van der Waals surface area contributed by atoms with Gasteiger partial charge in [-0.2, -0.15) is 0 Å². The Morgan fingerprint density at radius 2 is 0.857 bits per heavy atom. The molecule has 0 radical (unpaired) electrons. The number of rotatable bonds is 19. The van der Waals surface area contributed by atoms with E-state index in [9.17, 15) is 0 Å². The Kier molecular flexibility index (Phi) is 15.5. The lowest BCUT2D eigenvalue weighted by Gasteiger charge is -2.17. The molecule has 42 heavy (non-hydrogen) atoms. The molecule has 0 fully saturated rings. The molecule has 0 aliphatic rings. The molecule has 0 N–H and O–H groups in total. The smallest absolute Gasteiger partial charge is 0.183 e. The fourth-order valence-corrected chi connectivity index (χ4v) is 5.86. The zero-order chi connectivity index (χ0) is 31.2. The highest BCUT2D eigenvalue weighted by molar-refractivity contribution is 6.70. The number of hydrogen-bond donors (Lipinski definition) is 0. The van der Waals surface area contributed by atoms with E-state index in [2.05, 4.69) is 103 Å². The largest absolute Gasteiger partial charge is 0.415 e. The van der Waals surface area contributed by atoms with E-state index in [-0.39, 0.29) is 0 Å². The van der Waals surface area contributed by atoms with Gasteiger partial charge in [-0.05, 0) is 115 Å². The number of benzene rings is 2. The molecule has 0 unspecified atom stereocenters. The first-order chi connectivity index (χ1) is 19.8. The first kappa shape index (κ1) is 36.2. The molecular weight excluding hydrogens is 557 g/mol. The van der Waals surface area contributed by atoms with Gasteiger partial charge in [0.15, 0.2) is 16.6 Å². The lowest BCUT2D eigenvalue weighted by atomic mass is 10.0. The van der Waals surface area contributed by atoms with Crippen LogP contribution in [0.25, 0.3) is 0 Å². The Balaban J connectivity index is 2.26. The molecule has 2 rings (SSSR count). The van der Waals surface area contributed by atoms with E-state index >= 15 is 0 Å². The summed E-state index contributed by atoms with van der Waals surface area (Å²) in [5.74, 6) is 0. The summed E-state index contributed by atoms with van der Waals surface area (Å²) in [4.78, 5) is 10.6. The van der Waals surface area contributed by atoms with Crippen LogP contribution in [0, 0.1) is 27.7 Å². The van der Waals surface area contributed by atoms with E-state index in [0.717, 1.165) is 48.5 Å². The number of nitrogens with zero attached hydrogens (tertiary/aromatic N) is 2. The lowest BCUT2D eigenvalue weighted by molar-refractivity contribution is 0.0969. The Morgan fingerprint density at radius 3 is 1.17 bits per heavy atom. The van der Waals surface area contributed by atoms with Crippen molar-refractivity contribution in [1.29, 1.82) is 0 Å². The molecule has 0 amide bonds. The summed E-state index contributed by atoms with van der Waals surface area (Å²) in [6.07, 6.45) is 3.31. The van der Waals surface area contributed by atoms with Crippen molar-refractivity contribution in [1.82, 2.24) is 0 Å². The minimum Gasteiger partial charge on any atom is -0.415 e. The van der Waals surface area contributed by atoms with Crippen molar-refractivity contribution in [3.05, 3.63) is 58.7 Å². The second kappa shape index (κ2) is 18.0. The molecular formula is C34H56N2O4Si2. The second-order valence-corrected chi connectivity index (χ2v) is 22.0.